The van der Waals surface area contributed by atoms with E-state index in [0.717, 1.165) is 43.8 Å². The fourth-order valence-electron chi connectivity index (χ4n) is 3.15. The Labute approximate surface area is 143 Å². The molecule has 0 N–H and O–H groups in total. The van der Waals surface area contributed by atoms with E-state index in [0.29, 0.717) is 18.5 Å². The summed E-state index contributed by atoms with van der Waals surface area (Å²) in [6.45, 7) is 5.15. The number of amides is 2. The van der Waals surface area contributed by atoms with Gasteiger partial charge in [-0.2, -0.15) is 0 Å². The lowest BCUT2D eigenvalue weighted by Gasteiger charge is -2.37. The lowest BCUT2D eigenvalue weighted by Crippen LogP contribution is -3.00. The summed E-state index contributed by atoms with van der Waals surface area (Å²) < 4.78 is 6.39. The van der Waals surface area contributed by atoms with E-state index >= 15 is 0 Å². The topological polar surface area (TPSA) is 46.6 Å². The van der Waals surface area contributed by atoms with Crippen molar-refractivity contribution in [2.24, 2.45) is 0 Å². The molecule has 1 aromatic carbocycles. The molecule has 1 aromatic rings. The first-order valence-electron chi connectivity index (χ1n) is 7.92. The van der Waals surface area contributed by atoms with Gasteiger partial charge in [-0.25, -0.2) is 0 Å². The summed E-state index contributed by atoms with van der Waals surface area (Å²) in [4.78, 5) is 25.3. The Morgan fingerprint density at radius 3 is 2.43 bits per heavy atom. The molecule has 0 bridgehead atoms. The second-order valence-electron chi connectivity index (χ2n) is 6.49. The normalized spacial score (nSPS) is 20.2. The molecule has 2 amide bonds. The summed E-state index contributed by atoms with van der Waals surface area (Å²) in [5.41, 5.74) is 1.82. The van der Waals surface area contributed by atoms with E-state index in [2.05, 4.69) is 7.05 Å². The van der Waals surface area contributed by atoms with Gasteiger partial charge in [-0.05, 0) is 18.6 Å². The quantitative estimate of drug-likeness (QED) is 0.494. The van der Waals surface area contributed by atoms with Crippen molar-refractivity contribution in [3.8, 4) is 0 Å². The van der Waals surface area contributed by atoms with Gasteiger partial charge in [0, 0.05) is 24.1 Å². The second kappa shape index (κ2) is 7.43. The van der Waals surface area contributed by atoms with Crippen molar-refractivity contribution >= 4 is 11.8 Å². The smallest absolute Gasteiger partial charge is 0.260 e. The number of quaternary nitrogens is 1. The van der Waals surface area contributed by atoms with E-state index < -0.39 is 0 Å². The molecular weight excluding hydrogens is 316 g/mol. The highest BCUT2D eigenvalue weighted by atomic mass is 35.5. The van der Waals surface area contributed by atoms with Gasteiger partial charge in [-0.15, -0.1) is 0 Å². The number of likely N-dealkylation sites (N-methyl/N-ethyl adjacent to an activating group) is 1. The molecule has 126 valence electrons. The lowest BCUT2D eigenvalue weighted by atomic mass is 10.1. The van der Waals surface area contributed by atoms with E-state index in [-0.39, 0.29) is 24.2 Å². The van der Waals surface area contributed by atoms with Crippen LogP contribution in [0, 0.1) is 0 Å². The summed E-state index contributed by atoms with van der Waals surface area (Å²) in [5, 5.41) is 0. The molecule has 2 aliphatic rings. The SMILES string of the molecule is C[N+]1(Cc2ccc(C(=O)N3CCCC3=O)cc2)CCOCC1.[Cl-]. The van der Waals surface area contributed by atoms with Crippen LogP contribution in [0.2, 0.25) is 0 Å². The molecule has 0 aliphatic carbocycles. The number of likely N-dealkylation sites (tertiary alicyclic amines) is 1. The fourth-order valence-corrected chi connectivity index (χ4v) is 3.15. The van der Waals surface area contributed by atoms with Gasteiger partial charge >= 0.3 is 0 Å². The minimum Gasteiger partial charge on any atom is -1.00 e. The zero-order valence-corrected chi connectivity index (χ0v) is 14.2. The second-order valence-corrected chi connectivity index (χ2v) is 6.49. The van der Waals surface area contributed by atoms with Crippen molar-refractivity contribution in [3.05, 3.63) is 35.4 Å². The van der Waals surface area contributed by atoms with Crippen LogP contribution < -0.4 is 12.4 Å². The van der Waals surface area contributed by atoms with Crippen molar-refractivity contribution < 1.29 is 31.2 Å². The zero-order chi connectivity index (χ0) is 15.6. The highest BCUT2D eigenvalue weighted by Crippen LogP contribution is 2.18. The Bertz CT molecular complexity index is 568. The van der Waals surface area contributed by atoms with Crippen LogP contribution in [-0.2, 0) is 16.1 Å². The van der Waals surface area contributed by atoms with E-state index in [1.165, 1.54) is 10.5 Å². The van der Waals surface area contributed by atoms with Crippen LogP contribution in [0.1, 0.15) is 28.8 Å². The average molecular weight is 339 g/mol. The number of rotatable bonds is 3. The minimum absolute atomic E-state index is 0. The molecule has 0 saturated carbocycles. The standard InChI is InChI=1S/C17H23N2O3.ClH/c1-19(9-11-22-12-10-19)13-14-4-6-15(7-5-14)17(21)18-8-2-3-16(18)20;/h4-7H,2-3,8-13H2,1H3;1H/q+1;/p-1. The number of ether oxygens (including phenoxy) is 1. The number of benzene rings is 1. The van der Waals surface area contributed by atoms with Gasteiger partial charge in [0.05, 0.1) is 20.3 Å². The molecule has 0 unspecified atom stereocenters. The lowest BCUT2D eigenvalue weighted by molar-refractivity contribution is -0.929. The van der Waals surface area contributed by atoms with E-state index in [1.54, 1.807) is 0 Å². The average Bonchev–Trinajstić information content (AvgIpc) is 2.94. The van der Waals surface area contributed by atoms with Crippen molar-refractivity contribution in [2.45, 2.75) is 19.4 Å². The Balaban J connectivity index is 0.00000192. The van der Waals surface area contributed by atoms with Crippen LogP contribution in [0.25, 0.3) is 0 Å². The van der Waals surface area contributed by atoms with E-state index in [9.17, 15) is 9.59 Å². The monoisotopic (exact) mass is 338 g/mol. The molecule has 0 radical (unpaired) electrons. The third-order valence-corrected chi connectivity index (χ3v) is 4.63. The van der Waals surface area contributed by atoms with Gasteiger partial charge in [0.25, 0.3) is 5.91 Å². The van der Waals surface area contributed by atoms with Crippen LogP contribution in [0.15, 0.2) is 24.3 Å². The Morgan fingerprint density at radius 1 is 1.22 bits per heavy atom. The number of imide groups is 1. The summed E-state index contributed by atoms with van der Waals surface area (Å²) in [5.74, 6) is -0.221. The van der Waals surface area contributed by atoms with E-state index in [4.69, 9.17) is 4.74 Å². The molecule has 0 spiro atoms. The fraction of sp³-hybridized carbons (Fsp3) is 0.529. The van der Waals surface area contributed by atoms with Gasteiger partial charge in [0.15, 0.2) is 0 Å². The van der Waals surface area contributed by atoms with Gasteiger partial charge in [0.2, 0.25) is 5.91 Å². The van der Waals surface area contributed by atoms with Crippen molar-refractivity contribution in [3.63, 3.8) is 0 Å². The Morgan fingerprint density at radius 2 is 1.87 bits per heavy atom. The Kier molecular flexibility index (Phi) is 5.79. The predicted molar refractivity (Wildman–Crippen MR) is 82.2 cm³/mol. The first-order chi connectivity index (χ1) is 10.6. The summed E-state index contributed by atoms with van der Waals surface area (Å²) in [7, 11) is 2.24. The molecule has 2 fully saturated rings. The molecule has 0 atom stereocenters. The number of carbonyl (C=O) groups excluding carboxylic acids is 2. The van der Waals surface area contributed by atoms with E-state index in [1.807, 2.05) is 24.3 Å². The maximum Gasteiger partial charge on any atom is 0.260 e. The molecule has 2 heterocycles. The molecule has 23 heavy (non-hydrogen) atoms. The highest BCUT2D eigenvalue weighted by molar-refractivity contribution is 6.05. The molecule has 2 saturated heterocycles. The number of nitrogens with zero attached hydrogens (tertiary/aromatic N) is 2. The summed E-state index contributed by atoms with van der Waals surface area (Å²) in [6.07, 6.45) is 1.27. The highest BCUT2D eigenvalue weighted by Gasteiger charge is 2.28. The summed E-state index contributed by atoms with van der Waals surface area (Å²) >= 11 is 0. The van der Waals surface area contributed by atoms with Gasteiger partial charge in [-0.3, -0.25) is 14.5 Å². The maximum absolute atomic E-state index is 12.3. The van der Waals surface area contributed by atoms with Crippen LogP contribution in [0.4, 0.5) is 0 Å². The largest absolute Gasteiger partial charge is 1.00 e. The number of hydrogen-bond donors (Lipinski definition) is 0. The van der Waals surface area contributed by atoms with Crippen LogP contribution in [0.3, 0.4) is 0 Å². The number of halogens is 1. The number of hydrogen-bond acceptors (Lipinski definition) is 3. The van der Waals surface area contributed by atoms with Crippen molar-refractivity contribution in [2.75, 3.05) is 39.9 Å². The van der Waals surface area contributed by atoms with Crippen molar-refractivity contribution in [1.29, 1.82) is 0 Å². The number of morpholine rings is 1. The van der Waals surface area contributed by atoms with Crippen molar-refractivity contribution in [1.82, 2.24) is 4.90 Å². The maximum atomic E-state index is 12.3. The predicted octanol–water partition coefficient (Wildman–Crippen LogP) is -1.57. The zero-order valence-electron chi connectivity index (χ0n) is 13.5. The third kappa shape index (κ3) is 4.10. The molecule has 2 aliphatic heterocycles. The third-order valence-electron chi connectivity index (χ3n) is 4.63. The molecule has 0 aromatic heterocycles. The Hall–Kier alpha value is -1.43. The summed E-state index contributed by atoms with van der Waals surface area (Å²) in [6, 6.07) is 7.70. The first kappa shape index (κ1) is 17.9. The van der Waals surface area contributed by atoms with Gasteiger partial charge in [-0.1, -0.05) is 12.1 Å². The van der Waals surface area contributed by atoms with Crippen LogP contribution in [0.5, 0.6) is 0 Å². The molecule has 5 nitrogen and oxygen atoms in total. The number of carbonyl (C=O) groups is 2. The minimum atomic E-state index is -0.166. The van der Waals surface area contributed by atoms with Gasteiger partial charge < -0.3 is 21.6 Å². The van der Waals surface area contributed by atoms with Crippen LogP contribution in [-0.4, -0.2) is 61.1 Å². The molecule has 6 heteroatoms. The van der Waals surface area contributed by atoms with Crippen LogP contribution >= 0.6 is 0 Å². The molecular formula is C17H23ClN2O3. The first-order valence-corrected chi connectivity index (χ1v) is 7.92. The molecule has 3 rings (SSSR count). The van der Waals surface area contributed by atoms with Gasteiger partial charge in [0.1, 0.15) is 19.6 Å².